The van der Waals surface area contributed by atoms with E-state index in [-0.39, 0.29) is 0 Å². The molecule has 0 aliphatic heterocycles. The van der Waals surface area contributed by atoms with Gasteiger partial charge in [0.1, 0.15) is 11.3 Å². The number of fused-ring (bicyclic) bond motifs is 3. The first-order valence-electron chi connectivity index (χ1n) is 6.94. The predicted octanol–water partition coefficient (Wildman–Crippen LogP) is 3.16. The van der Waals surface area contributed by atoms with Crippen LogP contribution in [0.3, 0.4) is 0 Å². The van der Waals surface area contributed by atoms with Crippen LogP contribution in [0.5, 0.6) is 5.75 Å². The minimum absolute atomic E-state index is 0.440. The second-order valence-electron chi connectivity index (χ2n) is 5.05. The summed E-state index contributed by atoms with van der Waals surface area (Å²) in [4.78, 5) is 4.42. The van der Waals surface area contributed by atoms with Crippen molar-refractivity contribution in [2.24, 2.45) is 0 Å². The van der Waals surface area contributed by atoms with Gasteiger partial charge in [-0.3, -0.25) is 0 Å². The molecular formula is C17H14N4O. The van der Waals surface area contributed by atoms with Crippen molar-refractivity contribution in [3.8, 4) is 11.4 Å². The maximum absolute atomic E-state index is 6.06. The molecule has 0 fully saturated rings. The number of para-hydroxylation sites is 1. The van der Waals surface area contributed by atoms with Crippen LogP contribution in [0, 0.1) is 0 Å². The fraction of sp³-hybridized carbons (Fsp3) is 0.0588. The summed E-state index contributed by atoms with van der Waals surface area (Å²) in [6.07, 6.45) is 1.98. The Hall–Kier alpha value is -3.08. The number of hydrogen-bond acceptors (Lipinski definition) is 4. The number of anilines is 1. The molecule has 2 N–H and O–H groups in total. The van der Waals surface area contributed by atoms with Gasteiger partial charge in [-0.2, -0.15) is 5.10 Å². The number of methoxy groups -OCH3 is 1. The van der Waals surface area contributed by atoms with Crippen LogP contribution in [0.4, 0.5) is 5.82 Å². The van der Waals surface area contributed by atoms with E-state index in [2.05, 4.69) is 10.1 Å². The van der Waals surface area contributed by atoms with E-state index in [0.29, 0.717) is 11.3 Å². The normalized spacial score (nSPS) is 11.1. The number of rotatable bonds is 2. The van der Waals surface area contributed by atoms with Crippen LogP contribution in [0.25, 0.3) is 27.5 Å². The third kappa shape index (κ3) is 1.87. The van der Waals surface area contributed by atoms with Crippen LogP contribution >= 0.6 is 0 Å². The van der Waals surface area contributed by atoms with E-state index in [1.54, 1.807) is 11.8 Å². The summed E-state index contributed by atoms with van der Waals surface area (Å²) in [6, 6.07) is 15.7. The summed E-state index contributed by atoms with van der Waals surface area (Å²) in [7, 11) is 1.65. The van der Waals surface area contributed by atoms with Crippen molar-refractivity contribution >= 4 is 27.6 Å². The van der Waals surface area contributed by atoms with Gasteiger partial charge < -0.3 is 10.5 Å². The predicted molar refractivity (Wildman–Crippen MR) is 87.3 cm³/mol. The molecule has 108 valence electrons. The number of nitrogen functional groups attached to an aromatic ring is 1. The van der Waals surface area contributed by atoms with E-state index in [0.717, 1.165) is 27.7 Å². The molecule has 0 spiro atoms. The van der Waals surface area contributed by atoms with Gasteiger partial charge in [-0.25, -0.2) is 9.67 Å². The molecule has 0 aliphatic rings. The molecular weight excluding hydrogens is 276 g/mol. The summed E-state index contributed by atoms with van der Waals surface area (Å²) in [5.41, 5.74) is 8.56. The molecule has 22 heavy (non-hydrogen) atoms. The van der Waals surface area contributed by atoms with Crippen LogP contribution in [0.15, 0.2) is 54.7 Å². The van der Waals surface area contributed by atoms with Crippen molar-refractivity contribution in [2.75, 3.05) is 12.8 Å². The smallest absolute Gasteiger partial charge is 0.152 e. The number of hydrogen-bond donors (Lipinski definition) is 1. The van der Waals surface area contributed by atoms with E-state index in [9.17, 15) is 0 Å². The molecule has 0 radical (unpaired) electrons. The summed E-state index contributed by atoms with van der Waals surface area (Å²) in [5.74, 6) is 1.23. The molecule has 0 bridgehead atoms. The highest BCUT2D eigenvalue weighted by Gasteiger charge is 2.11. The Kier molecular flexibility index (Phi) is 2.72. The van der Waals surface area contributed by atoms with Crippen LogP contribution in [0.1, 0.15) is 0 Å². The molecule has 0 aliphatic carbocycles. The highest BCUT2D eigenvalue weighted by Crippen LogP contribution is 2.28. The van der Waals surface area contributed by atoms with Crippen molar-refractivity contribution in [1.29, 1.82) is 0 Å². The molecule has 2 aromatic carbocycles. The van der Waals surface area contributed by atoms with Gasteiger partial charge in [0.05, 0.1) is 18.3 Å². The highest BCUT2D eigenvalue weighted by atomic mass is 16.5. The van der Waals surface area contributed by atoms with E-state index in [4.69, 9.17) is 10.5 Å². The standard InChI is InChI=1S/C17H14N4O/c1-22-12-6-4-5-11(9-12)21-10-14-13-7-2-3-8-15(13)19-17(18)16(14)20-21/h2-10H,1H3,(H2,18,19). The van der Waals surface area contributed by atoms with Gasteiger partial charge >= 0.3 is 0 Å². The summed E-state index contributed by atoms with van der Waals surface area (Å²) < 4.78 is 7.07. The number of benzene rings is 2. The molecule has 4 rings (SSSR count). The maximum Gasteiger partial charge on any atom is 0.152 e. The fourth-order valence-electron chi connectivity index (χ4n) is 2.63. The Morgan fingerprint density at radius 2 is 1.91 bits per heavy atom. The Morgan fingerprint density at radius 1 is 1.05 bits per heavy atom. The molecule has 0 unspecified atom stereocenters. The largest absolute Gasteiger partial charge is 0.497 e. The Balaban J connectivity index is 2.00. The summed E-state index contributed by atoms with van der Waals surface area (Å²) >= 11 is 0. The number of ether oxygens (including phenoxy) is 1. The van der Waals surface area contributed by atoms with Crippen molar-refractivity contribution in [2.45, 2.75) is 0 Å². The lowest BCUT2D eigenvalue weighted by Gasteiger charge is -2.03. The second-order valence-corrected chi connectivity index (χ2v) is 5.05. The Labute approximate surface area is 126 Å². The molecule has 4 aromatic rings. The molecule has 5 heteroatoms. The Bertz CT molecular complexity index is 990. The Morgan fingerprint density at radius 3 is 2.77 bits per heavy atom. The topological polar surface area (TPSA) is 66.0 Å². The average molecular weight is 290 g/mol. The minimum Gasteiger partial charge on any atom is -0.497 e. The third-order valence-electron chi connectivity index (χ3n) is 3.71. The molecule has 5 nitrogen and oxygen atoms in total. The third-order valence-corrected chi connectivity index (χ3v) is 3.71. The lowest BCUT2D eigenvalue weighted by Crippen LogP contribution is -1.96. The molecule has 0 saturated carbocycles. The number of aromatic nitrogens is 3. The van der Waals surface area contributed by atoms with Crippen molar-refractivity contribution in [3.05, 3.63) is 54.7 Å². The number of pyridine rings is 1. The zero-order valence-corrected chi connectivity index (χ0v) is 12.0. The average Bonchev–Trinajstić information content (AvgIpc) is 3.01. The first-order chi connectivity index (χ1) is 10.8. The van der Waals surface area contributed by atoms with Crippen LogP contribution in [0.2, 0.25) is 0 Å². The summed E-state index contributed by atoms with van der Waals surface area (Å²) in [6.45, 7) is 0. The van der Waals surface area contributed by atoms with E-state index in [1.807, 2.05) is 54.7 Å². The SMILES string of the molecule is COc1cccc(-n2cc3c(n2)c(N)nc2ccccc23)c1. The molecule has 0 saturated heterocycles. The molecule has 0 amide bonds. The molecule has 2 heterocycles. The zero-order valence-electron chi connectivity index (χ0n) is 12.0. The van der Waals surface area contributed by atoms with Gasteiger partial charge in [0, 0.05) is 23.0 Å². The van der Waals surface area contributed by atoms with E-state index >= 15 is 0 Å². The van der Waals surface area contributed by atoms with Gasteiger partial charge in [-0.15, -0.1) is 0 Å². The van der Waals surface area contributed by atoms with Crippen molar-refractivity contribution in [1.82, 2.24) is 14.8 Å². The van der Waals surface area contributed by atoms with Gasteiger partial charge in [0.15, 0.2) is 5.82 Å². The highest BCUT2D eigenvalue weighted by molar-refractivity contribution is 6.07. The molecule has 2 aromatic heterocycles. The van der Waals surface area contributed by atoms with Crippen LogP contribution in [-0.2, 0) is 0 Å². The quantitative estimate of drug-likeness (QED) is 0.616. The monoisotopic (exact) mass is 290 g/mol. The van der Waals surface area contributed by atoms with Crippen LogP contribution < -0.4 is 10.5 Å². The minimum atomic E-state index is 0.440. The lowest BCUT2D eigenvalue weighted by atomic mass is 10.1. The van der Waals surface area contributed by atoms with Crippen molar-refractivity contribution in [3.63, 3.8) is 0 Å². The van der Waals surface area contributed by atoms with Gasteiger partial charge in [-0.05, 0) is 18.2 Å². The fourth-order valence-corrected chi connectivity index (χ4v) is 2.63. The first-order valence-corrected chi connectivity index (χ1v) is 6.94. The lowest BCUT2D eigenvalue weighted by molar-refractivity contribution is 0.414. The maximum atomic E-state index is 6.06. The molecule has 0 atom stereocenters. The first kappa shape index (κ1) is 12.6. The van der Waals surface area contributed by atoms with Crippen LogP contribution in [-0.4, -0.2) is 21.9 Å². The zero-order chi connectivity index (χ0) is 15.1. The van der Waals surface area contributed by atoms with Gasteiger partial charge in [0.25, 0.3) is 0 Å². The van der Waals surface area contributed by atoms with E-state index in [1.165, 1.54) is 0 Å². The van der Waals surface area contributed by atoms with Gasteiger partial charge in [-0.1, -0.05) is 24.3 Å². The number of nitrogens with zero attached hydrogens (tertiary/aromatic N) is 3. The second kappa shape index (κ2) is 4.73. The van der Waals surface area contributed by atoms with Gasteiger partial charge in [0.2, 0.25) is 0 Å². The summed E-state index contributed by atoms with van der Waals surface area (Å²) in [5, 5.41) is 6.62. The number of nitrogens with two attached hydrogens (primary N) is 1. The van der Waals surface area contributed by atoms with Crippen molar-refractivity contribution < 1.29 is 4.74 Å². The van der Waals surface area contributed by atoms with E-state index < -0.39 is 0 Å².